The van der Waals surface area contributed by atoms with E-state index in [4.69, 9.17) is 9.72 Å². The molecule has 1 aromatic heterocycles. The van der Waals surface area contributed by atoms with Crippen LogP contribution in [-0.4, -0.2) is 31.2 Å². The van der Waals surface area contributed by atoms with Crippen LogP contribution in [0.25, 0.3) is 0 Å². The van der Waals surface area contributed by atoms with Crippen LogP contribution >= 0.6 is 11.3 Å². The molecule has 0 aliphatic heterocycles. The summed E-state index contributed by atoms with van der Waals surface area (Å²) in [5.74, 6) is 0.673. The van der Waals surface area contributed by atoms with Gasteiger partial charge in [-0.1, -0.05) is 20.8 Å². The fourth-order valence-electron chi connectivity index (χ4n) is 2.42. The molecule has 2 rings (SSSR count). The van der Waals surface area contributed by atoms with E-state index in [0.29, 0.717) is 12.5 Å². The van der Waals surface area contributed by atoms with E-state index in [1.54, 1.807) is 7.11 Å². The zero-order chi connectivity index (χ0) is 15.2. The summed E-state index contributed by atoms with van der Waals surface area (Å²) in [7, 11) is 1.75. The van der Waals surface area contributed by atoms with Gasteiger partial charge >= 0.3 is 0 Å². The van der Waals surface area contributed by atoms with Crippen LogP contribution in [0, 0.1) is 5.92 Å². The summed E-state index contributed by atoms with van der Waals surface area (Å²) >= 11 is 1.84. The molecular formula is C16H29N3OS. The maximum atomic E-state index is 5.32. The van der Waals surface area contributed by atoms with Gasteiger partial charge < -0.3 is 15.0 Å². The Balaban J connectivity index is 2.07. The summed E-state index contributed by atoms with van der Waals surface area (Å²) < 4.78 is 5.32. The first-order valence-electron chi connectivity index (χ1n) is 8.10. The van der Waals surface area contributed by atoms with Crippen LogP contribution in [0.5, 0.6) is 0 Å². The van der Waals surface area contributed by atoms with E-state index in [-0.39, 0.29) is 0 Å². The molecule has 4 nitrogen and oxygen atoms in total. The van der Waals surface area contributed by atoms with Crippen molar-refractivity contribution in [2.24, 2.45) is 5.92 Å². The van der Waals surface area contributed by atoms with E-state index in [1.807, 2.05) is 11.3 Å². The maximum absolute atomic E-state index is 5.32. The van der Waals surface area contributed by atoms with Crippen molar-refractivity contribution in [1.29, 1.82) is 0 Å². The molecule has 1 aliphatic rings. The van der Waals surface area contributed by atoms with Crippen molar-refractivity contribution >= 4 is 16.5 Å². The Morgan fingerprint density at radius 2 is 2.19 bits per heavy atom. The number of anilines is 1. The Labute approximate surface area is 132 Å². The predicted octanol–water partition coefficient (Wildman–Crippen LogP) is 3.41. The van der Waals surface area contributed by atoms with E-state index in [0.717, 1.165) is 31.4 Å². The average molecular weight is 311 g/mol. The van der Waals surface area contributed by atoms with Crippen molar-refractivity contribution in [3.63, 3.8) is 0 Å². The summed E-state index contributed by atoms with van der Waals surface area (Å²) in [6, 6.07) is 0.725. The molecule has 120 valence electrons. The van der Waals surface area contributed by atoms with E-state index in [2.05, 4.69) is 31.0 Å². The summed E-state index contributed by atoms with van der Waals surface area (Å²) in [6.45, 7) is 10.4. The van der Waals surface area contributed by atoms with Gasteiger partial charge in [-0.3, -0.25) is 0 Å². The number of hydrogen-bond acceptors (Lipinski definition) is 5. The summed E-state index contributed by atoms with van der Waals surface area (Å²) in [5.41, 5.74) is 1.11. The molecule has 0 amide bonds. The van der Waals surface area contributed by atoms with Crippen LogP contribution in [0.1, 0.15) is 50.6 Å². The molecule has 0 spiro atoms. The van der Waals surface area contributed by atoms with E-state index in [1.165, 1.54) is 29.3 Å². The van der Waals surface area contributed by atoms with Gasteiger partial charge in [0.2, 0.25) is 0 Å². The normalized spacial score (nSPS) is 14.9. The topological polar surface area (TPSA) is 37.4 Å². The number of hydrogen-bond donors (Lipinski definition) is 1. The summed E-state index contributed by atoms with van der Waals surface area (Å²) in [4.78, 5) is 8.68. The van der Waals surface area contributed by atoms with Crippen LogP contribution < -0.4 is 10.2 Å². The number of thiazole rings is 1. The molecule has 21 heavy (non-hydrogen) atoms. The quantitative estimate of drug-likeness (QED) is 0.718. The molecular weight excluding hydrogens is 282 g/mol. The minimum absolute atomic E-state index is 0.611. The molecule has 0 unspecified atom stereocenters. The van der Waals surface area contributed by atoms with Gasteiger partial charge in [0, 0.05) is 31.1 Å². The van der Waals surface area contributed by atoms with Crippen molar-refractivity contribution in [2.45, 2.75) is 59.2 Å². The zero-order valence-electron chi connectivity index (χ0n) is 13.8. The number of ether oxygens (including phenoxy) is 1. The minimum atomic E-state index is 0.611. The lowest BCUT2D eigenvalue weighted by Gasteiger charge is -2.20. The molecule has 5 heteroatoms. The van der Waals surface area contributed by atoms with Crippen LogP contribution in [0.15, 0.2) is 0 Å². The molecule has 1 aromatic rings. The Morgan fingerprint density at radius 3 is 2.76 bits per heavy atom. The highest BCUT2D eigenvalue weighted by molar-refractivity contribution is 7.15. The molecule has 0 saturated heterocycles. The Morgan fingerprint density at radius 1 is 1.43 bits per heavy atom. The lowest BCUT2D eigenvalue weighted by atomic mass is 10.2. The van der Waals surface area contributed by atoms with Crippen molar-refractivity contribution in [3.05, 3.63) is 10.6 Å². The van der Waals surface area contributed by atoms with Crippen molar-refractivity contribution in [1.82, 2.24) is 10.3 Å². The average Bonchev–Trinajstić information content (AvgIpc) is 3.20. The molecule has 0 atom stereocenters. The molecule has 1 aliphatic carbocycles. The fourth-order valence-corrected chi connectivity index (χ4v) is 3.55. The van der Waals surface area contributed by atoms with Gasteiger partial charge in [-0.05, 0) is 31.7 Å². The third kappa shape index (κ3) is 4.94. The lowest BCUT2D eigenvalue weighted by molar-refractivity contribution is 0.181. The van der Waals surface area contributed by atoms with Crippen LogP contribution in [0.4, 0.5) is 5.13 Å². The van der Waals surface area contributed by atoms with Crippen LogP contribution in [0.2, 0.25) is 0 Å². The van der Waals surface area contributed by atoms with E-state index < -0.39 is 0 Å². The van der Waals surface area contributed by atoms with Crippen LogP contribution in [-0.2, 0) is 17.9 Å². The predicted molar refractivity (Wildman–Crippen MR) is 90.0 cm³/mol. The second-order valence-corrected chi connectivity index (χ2v) is 7.31. The first-order valence-corrected chi connectivity index (χ1v) is 8.92. The Kier molecular flexibility index (Phi) is 6.45. The highest BCUT2D eigenvalue weighted by atomic mass is 32.1. The second kappa shape index (κ2) is 8.11. The third-order valence-electron chi connectivity index (χ3n) is 3.58. The largest absolute Gasteiger partial charge is 0.378 e. The third-order valence-corrected chi connectivity index (χ3v) is 4.72. The van der Waals surface area contributed by atoms with E-state index >= 15 is 0 Å². The first-order chi connectivity index (χ1) is 10.2. The van der Waals surface area contributed by atoms with Gasteiger partial charge in [-0.2, -0.15) is 0 Å². The summed E-state index contributed by atoms with van der Waals surface area (Å²) in [5, 5.41) is 4.71. The minimum Gasteiger partial charge on any atom is -0.378 e. The summed E-state index contributed by atoms with van der Waals surface area (Å²) in [6.07, 6.45) is 3.82. The van der Waals surface area contributed by atoms with Gasteiger partial charge in [-0.25, -0.2) is 4.98 Å². The molecule has 0 bridgehead atoms. The standard InChI is InChI=1S/C16H29N3OS/c1-5-8-19(13-6-7-13)16-18-14(11-20-4)15(21-16)10-17-9-12(2)3/h12-13,17H,5-11H2,1-4H3. The van der Waals surface area contributed by atoms with Gasteiger partial charge in [-0.15, -0.1) is 11.3 Å². The highest BCUT2D eigenvalue weighted by Crippen LogP contribution is 2.35. The van der Waals surface area contributed by atoms with Gasteiger partial charge in [0.25, 0.3) is 0 Å². The van der Waals surface area contributed by atoms with Gasteiger partial charge in [0.15, 0.2) is 5.13 Å². The van der Waals surface area contributed by atoms with Gasteiger partial charge in [0.1, 0.15) is 0 Å². The number of nitrogens with zero attached hydrogens (tertiary/aromatic N) is 2. The molecule has 1 fully saturated rings. The SMILES string of the molecule is CCCN(c1nc(COC)c(CNCC(C)C)s1)C1CC1. The zero-order valence-corrected chi connectivity index (χ0v) is 14.6. The second-order valence-electron chi connectivity index (χ2n) is 6.25. The van der Waals surface area contributed by atoms with Gasteiger partial charge in [0.05, 0.1) is 12.3 Å². The smallest absolute Gasteiger partial charge is 0.186 e. The Bertz CT molecular complexity index is 429. The molecule has 1 heterocycles. The molecule has 0 radical (unpaired) electrons. The number of methoxy groups -OCH3 is 1. The Hall–Kier alpha value is -0.650. The maximum Gasteiger partial charge on any atom is 0.186 e. The number of rotatable bonds is 10. The van der Waals surface area contributed by atoms with Crippen molar-refractivity contribution < 1.29 is 4.74 Å². The number of aromatic nitrogens is 1. The van der Waals surface area contributed by atoms with Crippen molar-refractivity contribution in [2.75, 3.05) is 25.1 Å². The molecule has 1 N–H and O–H groups in total. The molecule has 0 aromatic carbocycles. The van der Waals surface area contributed by atoms with Crippen LogP contribution in [0.3, 0.4) is 0 Å². The van der Waals surface area contributed by atoms with E-state index in [9.17, 15) is 0 Å². The monoisotopic (exact) mass is 311 g/mol. The number of nitrogens with one attached hydrogen (secondary N) is 1. The first kappa shape index (κ1) is 16.7. The highest BCUT2D eigenvalue weighted by Gasteiger charge is 2.31. The fraction of sp³-hybridized carbons (Fsp3) is 0.812. The van der Waals surface area contributed by atoms with Crippen molar-refractivity contribution in [3.8, 4) is 0 Å². The lowest BCUT2D eigenvalue weighted by Crippen LogP contribution is -2.26. The molecule has 1 saturated carbocycles.